The van der Waals surface area contributed by atoms with Crippen molar-refractivity contribution in [2.75, 3.05) is 27.4 Å². The summed E-state index contributed by atoms with van der Waals surface area (Å²) in [5.41, 5.74) is -0.596. The number of hydrogen-bond donors (Lipinski definition) is 0. The summed E-state index contributed by atoms with van der Waals surface area (Å²) in [6.07, 6.45) is 0. The summed E-state index contributed by atoms with van der Waals surface area (Å²) in [7, 11) is 3.36. The molecular formula is C10H22O3. The molecule has 0 aliphatic heterocycles. The van der Waals surface area contributed by atoms with Gasteiger partial charge < -0.3 is 14.2 Å². The van der Waals surface area contributed by atoms with Crippen molar-refractivity contribution < 1.29 is 14.2 Å². The van der Waals surface area contributed by atoms with Gasteiger partial charge in [0.05, 0.1) is 24.4 Å². The van der Waals surface area contributed by atoms with Gasteiger partial charge in [-0.05, 0) is 27.7 Å². The Hall–Kier alpha value is -0.120. The van der Waals surface area contributed by atoms with Gasteiger partial charge in [-0.15, -0.1) is 0 Å². The van der Waals surface area contributed by atoms with Crippen LogP contribution in [-0.4, -0.2) is 38.6 Å². The van der Waals surface area contributed by atoms with Crippen LogP contribution in [0.4, 0.5) is 0 Å². The van der Waals surface area contributed by atoms with Gasteiger partial charge in [0, 0.05) is 14.2 Å². The third-order valence-electron chi connectivity index (χ3n) is 2.71. The van der Waals surface area contributed by atoms with E-state index in [0.717, 1.165) is 0 Å². The molecule has 0 bridgehead atoms. The van der Waals surface area contributed by atoms with Gasteiger partial charge in [0.15, 0.2) is 0 Å². The Morgan fingerprint density at radius 1 is 0.846 bits per heavy atom. The summed E-state index contributed by atoms with van der Waals surface area (Å²) in [6, 6.07) is 0. The topological polar surface area (TPSA) is 27.7 Å². The molecule has 0 rings (SSSR count). The molecule has 0 heterocycles. The minimum absolute atomic E-state index is 0.291. The molecule has 0 N–H and O–H groups in total. The molecule has 0 saturated carbocycles. The van der Waals surface area contributed by atoms with Crippen molar-refractivity contribution >= 4 is 0 Å². The zero-order valence-corrected chi connectivity index (χ0v) is 9.64. The predicted octanol–water partition coefficient (Wildman–Crippen LogP) is 1.85. The van der Waals surface area contributed by atoms with Crippen LogP contribution in [0, 0.1) is 0 Å². The number of hydrogen-bond acceptors (Lipinski definition) is 3. The lowest BCUT2D eigenvalue weighted by atomic mass is 9.89. The molecule has 0 aromatic rings. The quantitative estimate of drug-likeness (QED) is 0.598. The molecule has 13 heavy (non-hydrogen) atoms. The molecule has 80 valence electrons. The van der Waals surface area contributed by atoms with Crippen LogP contribution < -0.4 is 0 Å². The molecule has 0 fully saturated rings. The Kier molecular flexibility index (Phi) is 4.89. The van der Waals surface area contributed by atoms with Gasteiger partial charge in [0.2, 0.25) is 0 Å². The molecular weight excluding hydrogens is 168 g/mol. The molecule has 0 spiro atoms. The summed E-state index contributed by atoms with van der Waals surface area (Å²) in [4.78, 5) is 0. The fourth-order valence-electron chi connectivity index (χ4n) is 0.800. The second-order valence-corrected chi connectivity index (χ2v) is 4.07. The first kappa shape index (κ1) is 12.9. The van der Waals surface area contributed by atoms with E-state index in [4.69, 9.17) is 14.2 Å². The summed E-state index contributed by atoms with van der Waals surface area (Å²) >= 11 is 0. The van der Waals surface area contributed by atoms with Crippen molar-refractivity contribution in [1.82, 2.24) is 0 Å². The SMILES string of the molecule is COCCOC(C)(C)C(C)(C)OC. The first-order valence-corrected chi connectivity index (χ1v) is 4.55. The molecule has 0 aromatic carbocycles. The minimum atomic E-state index is -0.305. The normalized spacial score (nSPS) is 13.4. The van der Waals surface area contributed by atoms with Crippen LogP contribution in [0.3, 0.4) is 0 Å². The lowest BCUT2D eigenvalue weighted by Crippen LogP contribution is -2.49. The van der Waals surface area contributed by atoms with Crippen LogP contribution >= 0.6 is 0 Å². The summed E-state index contributed by atoms with van der Waals surface area (Å²) in [5, 5.41) is 0. The Balaban J connectivity index is 4.06. The molecule has 0 atom stereocenters. The van der Waals surface area contributed by atoms with E-state index < -0.39 is 0 Å². The monoisotopic (exact) mass is 190 g/mol. The van der Waals surface area contributed by atoms with Crippen molar-refractivity contribution in [3.8, 4) is 0 Å². The molecule has 0 amide bonds. The molecule has 0 aliphatic rings. The van der Waals surface area contributed by atoms with E-state index in [1.807, 2.05) is 27.7 Å². The Morgan fingerprint density at radius 3 is 1.77 bits per heavy atom. The van der Waals surface area contributed by atoms with E-state index in [2.05, 4.69) is 0 Å². The van der Waals surface area contributed by atoms with Gasteiger partial charge in [-0.25, -0.2) is 0 Å². The average molecular weight is 190 g/mol. The van der Waals surface area contributed by atoms with E-state index in [0.29, 0.717) is 13.2 Å². The second kappa shape index (κ2) is 4.94. The molecule has 0 unspecified atom stereocenters. The second-order valence-electron chi connectivity index (χ2n) is 4.07. The van der Waals surface area contributed by atoms with Crippen LogP contribution in [0.2, 0.25) is 0 Å². The fourth-order valence-corrected chi connectivity index (χ4v) is 0.800. The van der Waals surface area contributed by atoms with Gasteiger partial charge in [-0.2, -0.15) is 0 Å². The molecule has 3 heteroatoms. The van der Waals surface area contributed by atoms with E-state index in [-0.39, 0.29) is 11.2 Å². The van der Waals surface area contributed by atoms with Gasteiger partial charge in [-0.3, -0.25) is 0 Å². The molecule has 3 nitrogen and oxygen atoms in total. The molecule has 0 saturated heterocycles. The molecule has 0 aliphatic carbocycles. The third-order valence-corrected chi connectivity index (χ3v) is 2.71. The zero-order chi connectivity index (χ0) is 10.5. The number of methoxy groups -OCH3 is 2. The van der Waals surface area contributed by atoms with E-state index in [9.17, 15) is 0 Å². The van der Waals surface area contributed by atoms with Gasteiger partial charge >= 0.3 is 0 Å². The van der Waals surface area contributed by atoms with E-state index in [1.165, 1.54) is 0 Å². The Morgan fingerprint density at radius 2 is 1.38 bits per heavy atom. The van der Waals surface area contributed by atoms with Crippen LogP contribution in [0.25, 0.3) is 0 Å². The Bertz CT molecular complexity index is 141. The van der Waals surface area contributed by atoms with Crippen molar-refractivity contribution in [2.24, 2.45) is 0 Å². The third kappa shape index (κ3) is 3.63. The standard InChI is InChI=1S/C10H22O3/c1-9(2,12-6)10(3,4)13-8-7-11-5/h7-8H2,1-6H3. The van der Waals surface area contributed by atoms with Crippen molar-refractivity contribution in [3.05, 3.63) is 0 Å². The first-order valence-electron chi connectivity index (χ1n) is 4.55. The van der Waals surface area contributed by atoms with E-state index >= 15 is 0 Å². The van der Waals surface area contributed by atoms with E-state index in [1.54, 1.807) is 14.2 Å². The fraction of sp³-hybridized carbons (Fsp3) is 1.00. The first-order chi connectivity index (χ1) is 5.87. The van der Waals surface area contributed by atoms with Crippen LogP contribution in [0.1, 0.15) is 27.7 Å². The number of rotatable bonds is 6. The summed E-state index contributed by atoms with van der Waals surface area (Å²) in [6.45, 7) is 9.28. The van der Waals surface area contributed by atoms with Gasteiger partial charge in [0.25, 0.3) is 0 Å². The van der Waals surface area contributed by atoms with Crippen LogP contribution in [0.5, 0.6) is 0 Å². The van der Waals surface area contributed by atoms with Crippen molar-refractivity contribution in [1.29, 1.82) is 0 Å². The predicted molar refractivity (Wildman–Crippen MR) is 53.0 cm³/mol. The van der Waals surface area contributed by atoms with Crippen LogP contribution in [0.15, 0.2) is 0 Å². The Labute approximate surface area is 81.4 Å². The maximum absolute atomic E-state index is 5.68. The molecule has 0 radical (unpaired) electrons. The van der Waals surface area contributed by atoms with Gasteiger partial charge in [-0.1, -0.05) is 0 Å². The van der Waals surface area contributed by atoms with Gasteiger partial charge in [0.1, 0.15) is 0 Å². The van der Waals surface area contributed by atoms with Crippen molar-refractivity contribution in [2.45, 2.75) is 38.9 Å². The highest BCUT2D eigenvalue weighted by Crippen LogP contribution is 2.27. The lowest BCUT2D eigenvalue weighted by molar-refractivity contribution is -0.167. The smallest absolute Gasteiger partial charge is 0.0910 e. The largest absolute Gasteiger partial charge is 0.382 e. The highest BCUT2D eigenvalue weighted by atomic mass is 16.6. The number of ether oxygens (including phenoxy) is 3. The minimum Gasteiger partial charge on any atom is -0.382 e. The summed E-state index contributed by atoms with van der Waals surface area (Å²) in [5.74, 6) is 0. The zero-order valence-electron chi connectivity index (χ0n) is 9.64. The lowest BCUT2D eigenvalue weighted by Gasteiger charge is -2.40. The van der Waals surface area contributed by atoms with Crippen molar-refractivity contribution in [3.63, 3.8) is 0 Å². The highest BCUT2D eigenvalue weighted by molar-refractivity contribution is 4.89. The highest BCUT2D eigenvalue weighted by Gasteiger charge is 2.37. The maximum atomic E-state index is 5.68. The van der Waals surface area contributed by atoms with Crippen LogP contribution in [-0.2, 0) is 14.2 Å². The average Bonchev–Trinajstić information content (AvgIpc) is 2.04. The molecule has 0 aromatic heterocycles. The summed E-state index contributed by atoms with van der Waals surface area (Å²) < 4.78 is 16.0. The maximum Gasteiger partial charge on any atom is 0.0910 e.